The fraction of sp³-hybridized carbons (Fsp3) is 0.448. The number of hydrogen-bond acceptors (Lipinski definition) is 6. The summed E-state index contributed by atoms with van der Waals surface area (Å²) in [7, 11) is 3.58. The fourth-order valence-electron chi connectivity index (χ4n) is 4.63. The number of rotatable bonds is 12. The quantitative estimate of drug-likeness (QED) is 0.163. The van der Waals surface area contributed by atoms with Crippen LogP contribution in [0.15, 0.2) is 59.0 Å². The second-order valence-electron chi connectivity index (χ2n) is 9.57. The molecule has 0 aromatic carbocycles. The van der Waals surface area contributed by atoms with E-state index in [0.29, 0.717) is 61.6 Å². The first-order chi connectivity index (χ1) is 18.9. The van der Waals surface area contributed by atoms with Crippen molar-refractivity contribution in [1.82, 2.24) is 15.2 Å². The molecule has 1 atom stereocenters. The normalized spacial score (nSPS) is 17.4. The van der Waals surface area contributed by atoms with E-state index in [9.17, 15) is 9.18 Å². The highest BCUT2D eigenvalue weighted by atomic mass is 35.5. The maximum absolute atomic E-state index is 14.9. The molecule has 8 nitrogen and oxygen atoms in total. The second-order valence-corrected chi connectivity index (χ2v) is 9.98. The maximum atomic E-state index is 14.9. The molecule has 2 aliphatic carbocycles. The van der Waals surface area contributed by atoms with Crippen molar-refractivity contribution in [3.63, 3.8) is 0 Å². The van der Waals surface area contributed by atoms with E-state index in [1.54, 1.807) is 25.3 Å². The van der Waals surface area contributed by atoms with Crippen LogP contribution in [0, 0.1) is 0 Å². The third-order valence-electron chi connectivity index (χ3n) is 6.85. The van der Waals surface area contributed by atoms with Crippen LogP contribution in [-0.2, 0) is 4.79 Å². The molecule has 1 heterocycles. The maximum Gasteiger partial charge on any atom is 0.221 e. The number of likely N-dealkylation sites (N-methyl/N-ethyl adjacent to an activating group) is 1. The molecule has 1 amide bonds. The Morgan fingerprint density at radius 3 is 2.69 bits per heavy atom. The van der Waals surface area contributed by atoms with Crippen molar-refractivity contribution >= 4 is 41.1 Å². The summed E-state index contributed by atoms with van der Waals surface area (Å²) in [6.07, 6.45) is 13.7. The molecule has 39 heavy (non-hydrogen) atoms. The molecule has 0 saturated heterocycles. The van der Waals surface area contributed by atoms with Crippen molar-refractivity contribution in [2.45, 2.75) is 57.5 Å². The molecule has 2 aliphatic rings. The Bertz CT molecular complexity index is 1190. The van der Waals surface area contributed by atoms with Gasteiger partial charge in [-0.1, -0.05) is 23.8 Å². The average Bonchev–Trinajstić information content (AvgIpc) is 2.90. The first-order valence-corrected chi connectivity index (χ1v) is 13.7. The van der Waals surface area contributed by atoms with Gasteiger partial charge >= 0.3 is 0 Å². The van der Waals surface area contributed by atoms with Gasteiger partial charge in [-0.2, -0.15) is 0 Å². The fourth-order valence-corrected chi connectivity index (χ4v) is 4.89. The molecule has 1 saturated carbocycles. The Balaban J connectivity index is 2.27. The number of carbonyl (C=O) groups is 1. The average molecular weight is 556 g/mol. The summed E-state index contributed by atoms with van der Waals surface area (Å²) in [5.41, 5.74) is 6.85. The lowest BCUT2D eigenvalue weighted by atomic mass is 9.94. The van der Waals surface area contributed by atoms with Crippen LogP contribution in [0.25, 0.3) is 5.57 Å². The van der Waals surface area contributed by atoms with Gasteiger partial charge in [-0.3, -0.25) is 19.7 Å². The van der Waals surface area contributed by atoms with Crippen LogP contribution < -0.4 is 16.0 Å². The minimum absolute atomic E-state index is 0.0399. The Hall–Kier alpha value is -3.30. The third kappa shape index (κ3) is 7.22. The molecule has 1 aromatic rings. The molecule has 210 valence electrons. The largest absolute Gasteiger partial charge is 0.404 e. The summed E-state index contributed by atoms with van der Waals surface area (Å²) >= 11 is 6.79. The molecule has 3 N–H and O–H groups in total. The first-order valence-electron chi connectivity index (χ1n) is 13.4. The number of amides is 1. The van der Waals surface area contributed by atoms with E-state index in [-0.39, 0.29) is 28.6 Å². The van der Waals surface area contributed by atoms with E-state index in [2.05, 4.69) is 28.7 Å². The molecule has 0 bridgehead atoms. The van der Waals surface area contributed by atoms with Gasteiger partial charge in [-0.25, -0.2) is 9.37 Å². The molecule has 0 aliphatic heterocycles. The summed E-state index contributed by atoms with van der Waals surface area (Å²) in [4.78, 5) is 30.4. The highest BCUT2D eigenvalue weighted by Crippen LogP contribution is 2.36. The Labute approximate surface area is 235 Å². The van der Waals surface area contributed by atoms with Crippen molar-refractivity contribution < 1.29 is 9.18 Å². The number of halogens is 2. The number of nitrogens with zero attached hydrogens (tertiary/aromatic N) is 5. The van der Waals surface area contributed by atoms with Crippen molar-refractivity contribution in [3.05, 3.63) is 65.3 Å². The number of anilines is 1. The van der Waals surface area contributed by atoms with Crippen LogP contribution in [0.3, 0.4) is 0 Å². The molecule has 1 unspecified atom stereocenters. The van der Waals surface area contributed by atoms with Gasteiger partial charge in [0.2, 0.25) is 6.41 Å². The van der Waals surface area contributed by atoms with E-state index in [1.807, 2.05) is 13.1 Å². The topological polar surface area (TPSA) is 99.2 Å². The lowest BCUT2D eigenvalue weighted by molar-refractivity contribution is -0.106. The van der Waals surface area contributed by atoms with Gasteiger partial charge in [0.25, 0.3) is 0 Å². The van der Waals surface area contributed by atoms with Crippen molar-refractivity contribution in [1.29, 1.82) is 0 Å². The smallest absolute Gasteiger partial charge is 0.221 e. The highest BCUT2D eigenvalue weighted by molar-refractivity contribution is 6.33. The van der Waals surface area contributed by atoms with Crippen molar-refractivity contribution in [2.75, 3.05) is 32.1 Å². The van der Waals surface area contributed by atoms with E-state index in [4.69, 9.17) is 27.3 Å². The zero-order valence-electron chi connectivity index (χ0n) is 23.0. The predicted molar refractivity (Wildman–Crippen MR) is 160 cm³/mol. The third-order valence-corrected chi connectivity index (χ3v) is 7.14. The van der Waals surface area contributed by atoms with Crippen LogP contribution in [-0.4, -0.2) is 67.2 Å². The number of aliphatic imine (C=N–C) groups is 2. The van der Waals surface area contributed by atoms with Gasteiger partial charge in [0.1, 0.15) is 17.5 Å². The Kier molecular flexibility index (Phi) is 11.4. The molecular weight excluding hydrogens is 517 g/mol. The van der Waals surface area contributed by atoms with E-state index < -0.39 is 5.83 Å². The minimum Gasteiger partial charge on any atom is -0.404 e. The SMILES string of the molecule is C=CCCN(C(=NC)c1cc(Cl)c(C2=CCCC=C2F)nc1N(C=O)C(C=CN)=NC1CCC1)C(C)CNC. The highest BCUT2D eigenvalue weighted by Gasteiger charge is 2.29. The van der Waals surface area contributed by atoms with Crippen molar-refractivity contribution in [2.24, 2.45) is 15.7 Å². The van der Waals surface area contributed by atoms with Gasteiger partial charge in [-0.05, 0) is 76.9 Å². The number of nitrogens with two attached hydrogens (primary N) is 1. The summed E-state index contributed by atoms with van der Waals surface area (Å²) in [6, 6.07) is 1.84. The molecule has 0 spiro atoms. The van der Waals surface area contributed by atoms with Gasteiger partial charge in [-0.15, -0.1) is 6.58 Å². The van der Waals surface area contributed by atoms with E-state index >= 15 is 0 Å². The Morgan fingerprint density at radius 2 is 2.13 bits per heavy atom. The zero-order chi connectivity index (χ0) is 28.4. The van der Waals surface area contributed by atoms with E-state index in [1.165, 1.54) is 17.2 Å². The molecular formula is C29H39ClFN7O. The lowest BCUT2D eigenvalue weighted by Crippen LogP contribution is -2.45. The van der Waals surface area contributed by atoms with Gasteiger partial charge in [0, 0.05) is 31.8 Å². The Morgan fingerprint density at radius 1 is 1.38 bits per heavy atom. The van der Waals surface area contributed by atoms with Crippen LogP contribution in [0.5, 0.6) is 0 Å². The minimum atomic E-state index is -0.392. The lowest BCUT2D eigenvalue weighted by Gasteiger charge is -2.34. The second kappa shape index (κ2) is 14.7. The van der Waals surface area contributed by atoms with Crippen LogP contribution in [0.4, 0.5) is 10.2 Å². The summed E-state index contributed by atoms with van der Waals surface area (Å²) in [6.45, 7) is 7.28. The molecule has 0 radical (unpaired) electrons. The number of allylic oxidation sites excluding steroid dienone is 4. The summed E-state index contributed by atoms with van der Waals surface area (Å²) in [5.74, 6) is 0.803. The van der Waals surface area contributed by atoms with Gasteiger partial charge in [0.15, 0.2) is 5.82 Å². The standard InChI is InChI=1S/C29H39ClFN7O/c1-5-6-16-37(20(2)18-33-3)28(34-4)23-17-24(30)27(22-12-7-8-13-25(22)31)36-29(23)38(19-39)26(14-15-32)35-21-10-9-11-21/h5,12-15,17,19-21,33H,1,6-11,16,18,32H2,2-4H3. The molecule has 1 aromatic heterocycles. The van der Waals surface area contributed by atoms with Gasteiger partial charge < -0.3 is 16.0 Å². The predicted octanol–water partition coefficient (Wildman–Crippen LogP) is 5.01. The van der Waals surface area contributed by atoms with Crippen LogP contribution in [0.1, 0.15) is 56.7 Å². The number of aromatic nitrogens is 1. The van der Waals surface area contributed by atoms with Crippen LogP contribution >= 0.6 is 11.6 Å². The van der Waals surface area contributed by atoms with Gasteiger partial charge in [0.05, 0.1) is 22.3 Å². The summed E-state index contributed by atoms with van der Waals surface area (Å²) < 4.78 is 14.9. The first kappa shape index (κ1) is 30.2. The number of pyridine rings is 1. The van der Waals surface area contributed by atoms with Crippen LogP contribution in [0.2, 0.25) is 5.02 Å². The molecule has 3 rings (SSSR count). The monoisotopic (exact) mass is 555 g/mol. The molecule has 1 fully saturated rings. The zero-order valence-corrected chi connectivity index (χ0v) is 23.8. The number of amidine groups is 2. The summed E-state index contributed by atoms with van der Waals surface area (Å²) in [5, 5.41) is 3.47. The molecule has 10 heteroatoms. The number of nitrogens with one attached hydrogen (secondary N) is 1. The van der Waals surface area contributed by atoms with E-state index in [0.717, 1.165) is 19.3 Å². The number of hydrogen-bond donors (Lipinski definition) is 2. The number of carbonyl (C=O) groups excluding carboxylic acids is 1. The van der Waals surface area contributed by atoms with Crippen molar-refractivity contribution in [3.8, 4) is 0 Å².